The van der Waals surface area contributed by atoms with E-state index in [1.165, 1.54) is 38.5 Å². The first-order chi connectivity index (χ1) is 31.0. The Morgan fingerprint density at radius 1 is 1.03 bits per heavy atom. The minimum Gasteiger partial charge on any atom is -0.490 e. The van der Waals surface area contributed by atoms with Crippen LogP contribution < -0.4 is 5.73 Å². The molecule has 0 spiro atoms. The van der Waals surface area contributed by atoms with E-state index in [1.54, 1.807) is 26.8 Å². The standard InChI is InChI=1S/C51H79NO14/c1-15-17-22-42(53)62-39-26-43(61-36(11)48(39)65-50(52)58)63-41-27-51(12,66-37(19-16-2)32(41)7)35(10)46(56)34(9)47-38(59-13)21-18-20-28(3)23-30(5)44(54)33(8)45(55)31(6)24-29(4)25-40(60-14)49(57)64-47/h15-22,24-25,30-39,41,43-48,54-56H,1,23,26-27H2,2-14H3,(H2,52,58)/b19-16+,21-18+,22-17+,28-20+,29-24+,40-25-/t30-,31-,32-,33+,34+,35+,36+,37-,38+,39+,41-,43-,44+,45-,46-,47-,48+,51-/m1/s1. The average molecular weight is 930 g/mol. The Kier molecular flexibility index (Phi) is 22.1. The number of allylic oxidation sites excluding steroid dienone is 8. The smallest absolute Gasteiger partial charge is 0.404 e. The lowest BCUT2D eigenvalue weighted by Gasteiger charge is -2.51. The first-order valence-corrected chi connectivity index (χ1v) is 23.1. The highest BCUT2D eigenvalue weighted by Gasteiger charge is 2.51. The minimum absolute atomic E-state index is 0.0301. The van der Waals surface area contributed by atoms with Crippen LogP contribution in [0, 0.1) is 35.5 Å². The fourth-order valence-corrected chi connectivity index (χ4v) is 9.35. The van der Waals surface area contributed by atoms with Crippen LogP contribution in [0.15, 0.2) is 84.2 Å². The molecule has 15 nitrogen and oxygen atoms in total. The maximum Gasteiger partial charge on any atom is 0.404 e. The summed E-state index contributed by atoms with van der Waals surface area (Å²) in [5, 5.41) is 34.9. The molecule has 3 rings (SSSR count). The summed E-state index contributed by atoms with van der Waals surface area (Å²) in [6, 6.07) is 0. The second kappa shape index (κ2) is 25.9. The Balaban J connectivity index is 2.02. The average Bonchev–Trinajstić information content (AvgIpc) is 3.26. The quantitative estimate of drug-likeness (QED) is 0.0484. The van der Waals surface area contributed by atoms with Crippen molar-refractivity contribution in [3.8, 4) is 0 Å². The Morgan fingerprint density at radius 2 is 1.71 bits per heavy atom. The molecule has 0 bridgehead atoms. The van der Waals surface area contributed by atoms with E-state index in [0.717, 1.165) is 5.57 Å². The van der Waals surface area contributed by atoms with Gasteiger partial charge in [0.15, 0.2) is 12.4 Å². The number of rotatable bonds is 13. The van der Waals surface area contributed by atoms with E-state index >= 15 is 0 Å². The molecule has 1 amide bonds. The monoisotopic (exact) mass is 930 g/mol. The van der Waals surface area contributed by atoms with Gasteiger partial charge in [-0.15, -0.1) is 0 Å². The zero-order chi connectivity index (χ0) is 49.6. The van der Waals surface area contributed by atoms with Gasteiger partial charge in [-0.25, -0.2) is 14.4 Å². The van der Waals surface area contributed by atoms with Crippen LogP contribution in [0.5, 0.6) is 0 Å². The molecule has 0 aromatic carbocycles. The lowest BCUT2D eigenvalue weighted by atomic mass is 9.72. The number of esters is 2. The maximum atomic E-state index is 14.0. The molecule has 3 aliphatic heterocycles. The van der Waals surface area contributed by atoms with Crippen molar-refractivity contribution in [2.75, 3.05) is 14.2 Å². The number of aliphatic hydroxyl groups is 3. The molecular formula is C51H79NO14. The van der Waals surface area contributed by atoms with Crippen molar-refractivity contribution in [2.24, 2.45) is 41.2 Å². The van der Waals surface area contributed by atoms with Gasteiger partial charge in [0.1, 0.15) is 18.3 Å². The van der Waals surface area contributed by atoms with Gasteiger partial charge in [0.25, 0.3) is 0 Å². The summed E-state index contributed by atoms with van der Waals surface area (Å²) < 4.78 is 48.6. The van der Waals surface area contributed by atoms with Gasteiger partial charge in [-0.1, -0.05) is 108 Å². The molecule has 0 aromatic heterocycles. The van der Waals surface area contributed by atoms with Gasteiger partial charge in [-0.3, -0.25) is 0 Å². The van der Waals surface area contributed by atoms with Crippen LogP contribution in [0.3, 0.4) is 0 Å². The third kappa shape index (κ3) is 15.2. The Hall–Kier alpha value is -4.09. The second-order valence-corrected chi connectivity index (χ2v) is 18.7. The number of cyclic esters (lactones) is 1. The zero-order valence-corrected chi connectivity index (χ0v) is 41.3. The molecule has 3 heterocycles. The van der Waals surface area contributed by atoms with E-state index in [9.17, 15) is 29.7 Å². The lowest BCUT2D eigenvalue weighted by molar-refractivity contribution is -0.291. The molecule has 0 radical (unpaired) electrons. The largest absolute Gasteiger partial charge is 0.490 e. The molecule has 2 fully saturated rings. The molecule has 3 aliphatic rings. The van der Waals surface area contributed by atoms with Crippen molar-refractivity contribution < 1.29 is 67.6 Å². The fourth-order valence-electron chi connectivity index (χ4n) is 9.35. The number of hydrogen-bond donors (Lipinski definition) is 4. The van der Waals surface area contributed by atoms with Crippen LogP contribution >= 0.6 is 0 Å². The summed E-state index contributed by atoms with van der Waals surface area (Å²) in [6.45, 7) is 24.1. The Bertz CT molecular complexity index is 1800. The van der Waals surface area contributed by atoms with Crippen LogP contribution in [0.25, 0.3) is 0 Å². The molecule has 15 heteroatoms. The topological polar surface area (TPSA) is 212 Å². The molecule has 0 saturated carbocycles. The molecule has 66 heavy (non-hydrogen) atoms. The number of methoxy groups -OCH3 is 2. The van der Waals surface area contributed by atoms with E-state index < -0.39 is 109 Å². The normalized spacial score (nSPS) is 39.8. The lowest BCUT2D eigenvalue weighted by Crippen LogP contribution is -2.58. The summed E-state index contributed by atoms with van der Waals surface area (Å²) in [4.78, 5) is 38.5. The number of primary amides is 1. The predicted octanol–water partition coefficient (Wildman–Crippen LogP) is 6.96. The Labute approximate surface area is 392 Å². The highest BCUT2D eigenvalue weighted by atomic mass is 16.7. The number of hydrogen-bond acceptors (Lipinski definition) is 14. The van der Waals surface area contributed by atoms with Gasteiger partial charge in [0.2, 0.25) is 5.76 Å². The van der Waals surface area contributed by atoms with Crippen molar-refractivity contribution in [1.29, 1.82) is 0 Å². The summed E-state index contributed by atoms with van der Waals surface area (Å²) >= 11 is 0. The molecule has 18 atom stereocenters. The number of ether oxygens (including phenoxy) is 8. The molecule has 0 aromatic rings. The van der Waals surface area contributed by atoms with Crippen molar-refractivity contribution in [2.45, 2.75) is 168 Å². The first kappa shape index (κ1) is 56.2. The van der Waals surface area contributed by atoms with Crippen molar-refractivity contribution in [1.82, 2.24) is 0 Å². The summed E-state index contributed by atoms with van der Waals surface area (Å²) in [6.07, 6.45) is 7.45. The Morgan fingerprint density at radius 3 is 2.32 bits per heavy atom. The molecule has 5 N–H and O–H groups in total. The van der Waals surface area contributed by atoms with Crippen molar-refractivity contribution in [3.05, 3.63) is 84.2 Å². The highest BCUT2D eigenvalue weighted by molar-refractivity contribution is 5.87. The summed E-state index contributed by atoms with van der Waals surface area (Å²) in [5.74, 6) is -4.02. The SMILES string of the molecule is C=C/C=C/C(=O)O[C@H]1C[C@@H](O[C@@H]2C[C@](C)([C@@H](C)[C@H](O)[C@H](C)[C@H]3OC(=O)/C(OC)=C/C(C)=C/[C@@H](C)[C@@H](O)[C@@H](C)[C@@H](O)[C@H](C)C/C(C)=C/C=C/[C@@H]3OC)O[C@H](/C=C/C)[C@H]2C)O[C@@H](C)[C@@H]1OC(N)=O. The number of aliphatic hydroxyl groups excluding tert-OH is 3. The molecular weight excluding hydrogens is 851 g/mol. The number of amides is 1. The van der Waals surface area contributed by atoms with Gasteiger partial charge in [-0.2, -0.15) is 0 Å². The minimum atomic E-state index is -1.14. The van der Waals surface area contributed by atoms with Gasteiger partial charge in [-0.05, 0) is 53.0 Å². The van der Waals surface area contributed by atoms with E-state index in [4.69, 9.17) is 43.6 Å². The number of nitrogens with two attached hydrogens (primary N) is 1. The second-order valence-electron chi connectivity index (χ2n) is 18.7. The van der Waals surface area contributed by atoms with Gasteiger partial charge in [0, 0.05) is 55.6 Å². The van der Waals surface area contributed by atoms with E-state index in [2.05, 4.69) is 6.58 Å². The molecule has 372 valence electrons. The van der Waals surface area contributed by atoms with Crippen LogP contribution in [-0.4, -0.2) is 121 Å². The van der Waals surface area contributed by atoms with Crippen LogP contribution in [0.4, 0.5) is 4.79 Å². The molecule has 0 unspecified atom stereocenters. The number of carbonyl (C=O) groups excluding carboxylic acids is 3. The summed E-state index contributed by atoms with van der Waals surface area (Å²) in [7, 11) is 2.87. The molecule has 2 saturated heterocycles. The van der Waals surface area contributed by atoms with Crippen LogP contribution in [0.1, 0.15) is 95.4 Å². The third-order valence-electron chi connectivity index (χ3n) is 13.5. The van der Waals surface area contributed by atoms with E-state index in [1.807, 2.05) is 85.8 Å². The van der Waals surface area contributed by atoms with Crippen molar-refractivity contribution >= 4 is 18.0 Å². The van der Waals surface area contributed by atoms with Gasteiger partial charge < -0.3 is 58.9 Å². The van der Waals surface area contributed by atoms with Crippen LogP contribution in [-0.2, 0) is 47.5 Å². The van der Waals surface area contributed by atoms with E-state index in [0.29, 0.717) is 18.4 Å². The van der Waals surface area contributed by atoms with Crippen molar-refractivity contribution in [3.63, 3.8) is 0 Å². The first-order valence-electron chi connectivity index (χ1n) is 23.1. The maximum absolute atomic E-state index is 14.0. The zero-order valence-electron chi connectivity index (χ0n) is 41.3. The van der Waals surface area contributed by atoms with Crippen LogP contribution in [0.2, 0.25) is 0 Å². The fraction of sp³-hybridized carbons (Fsp3) is 0.667. The highest BCUT2D eigenvalue weighted by Crippen LogP contribution is 2.44. The predicted molar refractivity (Wildman–Crippen MR) is 250 cm³/mol. The van der Waals surface area contributed by atoms with E-state index in [-0.39, 0.29) is 29.9 Å². The third-order valence-corrected chi connectivity index (χ3v) is 13.5. The van der Waals surface area contributed by atoms with Gasteiger partial charge >= 0.3 is 18.0 Å². The van der Waals surface area contributed by atoms with Gasteiger partial charge in [0.05, 0.1) is 49.3 Å². The number of carbonyl (C=O) groups is 3. The molecule has 0 aliphatic carbocycles. The summed E-state index contributed by atoms with van der Waals surface area (Å²) in [5.41, 5.74) is 5.97.